The maximum Gasteiger partial charge on any atom is 0.213 e. The normalized spacial score (nSPS) is 20.2. The lowest BCUT2D eigenvalue weighted by atomic mass is 9.97. The number of hydrogen-bond donors (Lipinski definition) is 0. The third kappa shape index (κ3) is 2.83. The molecule has 0 N–H and O–H groups in total. The highest BCUT2D eigenvalue weighted by Gasteiger charge is 2.41. The quantitative estimate of drug-likeness (QED) is 0.610. The van der Waals surface area contributed by atoms with Gasteiger partial charge in [-0.05, 0) is 42.5 Å². The predicted molar refractivity (Wildman–Crippen MR) is 110 cm³/mol. The molecule has 2 unspecified atom stereocenters. The Labute approximate surface area is 168 Å². The van der Waals surface area contributed by atoms with E-state index in [1.165, 1.54) is 0 Å². The molecule has 5 rings (SSSR count). The van der Waals surface area contributed by atoms with Crippen molar-refractivity contribution in [3.05, 3.63) is 82.8 Å². The van der Waals surface area contributed by atoms with E-state index in [0.29, 0.717) is 5.02 Å². The molecule has 5 nitrogen and oxygen atoms in total. The van der Waals surface area contributed by atoms with Crippen LogP contribution in [0.15, 0.2) is 70.4 Å². The van der Waals surface area contributed by atoms with Crippen LogP contribution in [-0.4, -0.2) is 24.8 Å². The minimum atomic E-state index is -0.303. The fourth-order valence-corrected chi connectivity index (χ4v) is 3.99. The average molecular weight is 394 g/mol. The molecule has 2 atom stereocenters. The van der Waals surface area contributed by atoms with E-state index in [1.807, 2.05) is 49.4 Å². The lowest BCUT2D eigenvalue weighted by Gasteiger charge is -2.38. The summed E-state index contributed by atoms with van der Waals surface area (Å²) in [4.78, 5) is 2.08. The lowest BCUT2D eigenvalue weighted by molar-refractivity contribution is -0.0190. The summed E-state index contributed by atoms with van der Waals surface area (Å²) in [5.41, 5.74) is 4.17. The minimum Gasteiger partial charge on any atom is -0.464 e. The van der Waals surface area contributed by atoms with Crippen molar-refractivity contribution in [2.24, 2.45) is 5.10 Å². The second-order valence-electron chi connectivity index (χ2n) is 7.26. The monoisotopic (exact) mass is 393 g/mol. The van der Waals surface area contributed by atoms with Gasteiger partial charge in [0, 0.05) is 42.4 Å². The number of anilines is 1. The van der Waals surface area contributed by atoms with Crippen LogP contribution in [0.2, 0.25) is 5.02 Å². The lowest BCUT2D eigenvalue weighted by Crippen LogP contribution is -2.33. The molecule has 3 heterocycles. The molecule has 2 aromatic carbocycles. The number of hydrogen-bond acceptors (Lipinski definition) is 5. The Kier molecular flexibility index (Phi) is 4.05. The zero-order chi connectivity index (χ0) is 19.3. The highest BCUT2D eigenvalue weighted by molar-refractivity contribution is 6.30. The van der Waals surface area contributed by atoms with Gasteiger partial charge in [0.15, 0.2) is 0 Å². The van der Waals surface area contributed by atoms with Gasteiger partial charge in [-0.15, -0.1) is 0 Å². The van der Waals surface area contributed by atoms with Crippen molar-refractivity contribution in [1.29, 1.82) is 0 Å². The molecule has 2 aliphatic rings. The van der Waals surface area contributed by atoms with Crippen molar-refractivity contribution >= 4 is 23.0 Å². The van der Waals surface area contributed by atoms with Crippen LogP contribution in [0, 0.1) is 0 Å². The first kappa shape index (κ1) is 17.2. The largest absolute Gasteiger partial charge is 0.464 e. The Balaban J connectivity index is 1.57. The number of benzene rings is 2. The van der Waals surface area contributed by atoms with E-state index in [1.54, 1.807) is 6.26 Å². The van der Waals surface area contributed by atoms with Crippen LogP contribution in [0.4, 0.5) is 5.69 Å². The number of ether oxygens (including phenoxy) is 1. The summed E-state index contributed by atoms with van der Waals surface area (Å²) in [7, 11) is 4.06. The van der Waals surface area contributed by atoms with Gasteiger partial charge in [-0.1, -0.05) is 23.7 Å². The van der Waals surface area contributed by atoms with Crippen LogP contribution >= 0.6 is 11.6 Å². The van der Waals surface area contributed by atoms with Gasteiger partial charge in [0.05, 0.1) is 12.3 Å². The Hall–Kier alpha value is -2.92. The van der Waals surface area contributed by atoms with Gasteiger partial charge in [0.25, 0.3) is 0 Å². The molecule has 0 fully saturated rings. The van der Waals surface area contributed by atoms with Crippen LogP contribution in [0.3, 0.4) is 0 Å². The van der Waals surface area contributed by atoms with Gasteiger partial charge < -0.3 is 14.1 Å². The summed E-state index contributed by atoms with van der Waals surface area (Å²) in [5.74, 6) is 1.64. The number of hydrazone groups is 1. The van der Waals surface area contributed by atoms with Crippen molar-refractivity contribution in [1.82, 2.24) is 5.01 Å². The zero-order valence-corrected chi connectivity index (χ0v) is 16.4. The van der Waals surface area contributed by atoms with E-state index in [0.717, 1.165) is 40.5 Å². The summed E-state index contributed by atoms with van der Waals surface area (Å²) in [6, 6.07) is 18.0. The van der Waals surface area contributed by atoms with E-state index < -0.39 is 0 Å². The van der Waals surface area contributed by atoms with Crippen molar-refractivity contribution in [2.75, 3.05) is 19.0 Å². The summed E-state index contributed by atoms with van der Waals surface area (Å²) >= 11 is 6.27. The van der Waals surface area contributed by atoms with Crippen LogP contribution in [-0.2, 0) is 0 Å². The predicted octanol–water partition coefficient (Wildman–Crippen LogP) is 5.24. The van der Waals surface area contributed by atoms with E-state index in [2.05, 4.69) is 29.2 Å². The molecule has 2 aliphatic heterocycles. The number of fused-ring (bicyclic) bond motifs is 3. The Morgan fingerprint density at radius 2 is 1.93 bits per heavy atom. The molecular weight excluding hydrogens is 374 g/mol. The van der Waals surface area contributed by atoms with Gasteiger partial charge in [0.2, 0.25) is 6.23 Å². The standard InChI is InChI=1S/C22H20ClN3O2/c1-25(2)16-8-5-14(6-9-16)22-26-19(13-18(24-26)21-4-3-11-27-21)17-12-15(23)7-10-20(17)28-22/h3-12,19,22H,13H2,1-2H3. The van der Waals surface area contributed by atoms with Crippen molar-refractivity contribution in [3.8, 4) is 5.75 Å². The van der Waals surface area contributed by atoms with Gasteiger partial charge in [0.1, 0.15) is 17.2 Å². The molecule has 0 radical (unpaired) electrons. The first-order valence-corrected chi connectivity index (χ1v) is 9.61. The third-order valence-electron chi connectivity index (χ3n) is 5.25. The highest BCUT2D eigenvalue weighted by Crippen LogP contribution is 2.48. The maximum absolute atomic E-state index is 6.37. The molecule has 0 spiro atoms. The Morgan fingerprint density at radius 1 is 1.11 bits per heavy atom. The van der Waals surface area contributed by atoms with Crippen molar-refractivity contribution < 1.29 is 9.15 Å². The van der Waals surface area contributed by atoms with Crippen molar-refractivity contribution in [3.63, 3.8) is 0 Å². The van der Waals surface area contributed by atoms with E-state index in [4.69, 9.17) is 25.9 Å². The first-order valence-electron chi connectivity index (χ1n) is 9.23. The minimum absolute atomic E-state index is 0.0566. The molecule has 28 heavy (non-hydrogen) atoms. The number of furan rings is 1. The molecule has 0 bridgehead atoms. The number of nitrogens with zero attached hydrogens (tertiary/aromatic N) is 3. The molecule has 6 heteroatoms. The zero-order valence-electron chi connectivity index (χ0n) is 15.7. The van der Waals surface area contributed by atoms with Crippen LogP contribution in [0.1, 0.15) is 35.6 Å². The van der Waals surface area contributed by atoms with Crippen LogP contribution < -0.4 is 9.64 Å². The fourth-order valence-electron chi connectivity index (χ4n) is 3.81. The average Bonchev–Trinajstić information content (AvgIpc) is 3.37. The number of rotatable bonds is 3. The van der Waals surface area contributed by atoms with Gasteiger partial charge >= 0.3 is 0 Å². The second-order valence-corrected chi connectivity index (χ2v) is 7.70. The maximum atomic E-state index is 6.37. The molecule has 142 valence electrons. The van der Waals surface area contributed by atoms with E-state index in [9.17, 15) is 0 Å². The third-order valence-corrected chi connectivity index (χ3v) is 5.49. The Bertz CT molecular complexity index is 1030. The topological polar surface area (TPSA) is 41.2 Å². The molecule has 3 aromatic rings. The van der Waals surface area contributed by atoms with Crippen molar-refractivity contribution in [2.45, 2.75) is 18.7 Å². The summed E-state index contributed by atoms with van der Waals surface area (Å²) in [5, 5.41) is 7.60. The van der Waals surface area contributed by atoms with Gasteiger partial charge in [-0.25, -0.2) is 5.01 Å². The molecule has 1 aromatic heterocycles. The van der Waals surface area contributed by atoms with Crippen LogP contribution in [0.5, 0.6) is 5.75 Å². The second kappa shape index (κ2) is 6.60. The summed E-state index contributed by atoms with van der Waals surface area (Å²) in [6.45, 7) is 0. The van der Waals surface area contributed by atoms with Gasteiger partial charge in [-0.3, -0.25) is 0 Å². The molecule has 0 saturated carbocycles. The highest BCUT2D eigenvalue weighted by atomic mass is 35.5. The van der Waals surface area contributed by atoms with Crippen LogP contribution in [0.25, 0.3) is 0 Å². The molecule has 0 aliphatic carbocycles. The fraction of sp³-hybridized carbons (Fsp3) is 0.227. The Morgan fingerprint density at radius 3 is 2.64 bits per heavy atom. The molecule has 0 saturated heterocycles. The molecular formula is C22H20ClN3O2. The first-order chi connectivity index (χ1) is 13.6. The molecule has 0 amide bonds. The summed E-state index contributed by atoms with van der Waals surface area (Å²) in [6.07, 6.45) is 2.12. The van der Waals surface area contributed by atoms with E-state index in [-0.39, 0.29) is 12.3 Å². The van der Waals surface area contributed by atoms with E-state index >= 15 is 0 Å². The smallest absolute Gasteiger partial charge is 0.213 e. The summed E-state index contributed by atoms with van der Waals surface area (Å²) < 4.78 is 12.0. The van der Waals surface area contributed by atoms with Gasteiger partial charge in [-0.2, -0.15) is 5.10 Å². The number of halogens is 1. The SMILES string of the molecule is CN(C)c1ccc(C2Oc3ccc(Cl)cc3C3CC(c4ccco4)=NN32)cc1.